The van der Waals surface area contributed by atoms with Crippen molar-refractivity contribution in [3.8, 4) is 0 Å². The molecule has 1 aromatic carbocycles. The average Bonchev–Trinajstić information content (AvgIpc) is 2.25. The van der Waals surface area contributed by atoms with E-state index in [0.717, 1.165) is 21.8 Å². The third-order valence-electron chi connectivity index (χ3n) is 2.96. The normalized spacial score (nSPS) is 13.1. The first-order chi connectivity index (χ1) is 8.04. The van der Waals surface area contributed by atoms with E-state index in [-0.39, 0.29) is 0 Å². The Morgan fingerprint density at radius 3 is 2.53 bits per heavy atom. The smallest absolute Gasteiger partial charge is 0.0465 e. The first-order valence-electron chi connectivity index (χ1n) is 6.16. The van der Waals surface area contributed by atoms with Crippen LogP contribution in [-0.2, 0) is 0 Å². The van der Waals surface area contributed by atoms with Crippen LogP contribution >= 0.6 is 27.5 Å². The molecule has 0 bridgehead atoms. The third-order valence-corrected chi connectivity index (χ3v) is 3.78. The first kappa shape index (κ1) is 15.0. The maximum atomic E-state index is 6.27. The molecule has 1 atom stereocenters. The molecule has 0 spiro atoms. The fraction of sp³-hybridized carbons (Fsp3) is 0.571. The van der Waals surface area contributed by atoms with Crippen LogP contribution in [0.15, 0.2) is 22.7 Å². The van der Waals surface area contributed by atoms with Gasteiger partial charge in [-0.25, -0.2) is 0 Å². The highest BCUT2D eigenvalue weighted by atomic mass is 79.9. The van der Waals surface area contributed by atoms with Crippen molar-refractivity contribution in [1.82, 2.24) is 5.32 Å². The van der Waals surface area contributed by atoms with Gasteiger partial charge in [-0.05, 0) is 37.1 Å². The lowest BCUT2D eigenvalue weighted by Crippen LogP contribution is -2.16. The van der Waals surface area contributed by atoms with Crippen LogP contribution in [0, 0.1) is 5.92 Å². The molecule has 0 aromatic heterocycles. The lowest BCUT2D eigenvalue weighted by Gasteiger charge is -2.18. The highest BCUT2D eigenvalue weighted by Crippen LogP contribution is 2.29. The first-order valence-corrected chi connectivity index (χ1v) is 7.34. The van der Waals surface area contributed by atoms with Crippen molar-refractivity contribution in [3.63, 3.8) is 0 Å². The summed E-state index contributed by atoms with van der Waals surface area (Å²) in [5.41, 5.74) is 1.20. The molecule has 0 saturated carbocycles. The predicted octanol–water partition coefficient (Wildman–Crippen LogP) is 5.19. The molecule has 1 aromatic rings. The molecule has 0 saturated heterocycles. The van der Waals surface area contributed by atoms with E-state index in [1.807, 2.05) is 19.2 Å². The number of rotatable bonds is 6. The van der Waals surface area contributed by atoms with Crippen LogP contribution in [0.1, 0.15) is 44.7 Å². The van der Waals surface area contributed by atoms with E-state index in [1.165, 1.54) is 18.4 Å². The molecular weight excluding hydrogens is 298 g/mol. The summed E-state index contributed by atoms with van der Waals surface area (Å²) < 4.78 is 1.03. The molecule has 0 radical (unpaired) electrons. The molecular formula is C14H21BrClN. The quantitative estimate of drug-likeness (QED) is 0.761. The predicted molar refractivity (Wildman–Crippen MR) is 79.6 cm³/mol. The van der Waals surface area contributed by atoms with Gasteiger partial charge in [0, 0.05) is 15.5 Å². The van der Waals surface area contributed by atoms with Crippen molar-refractivity contribution in [2.24, 2.45) is 5.92 Å². The second-order valence-electron chi connectivity index (χ2n) is 4.83. The van der Waals surface area contributed by atoms with Gasteiger partial charge in [-0.15, -0.1) is 0 Å². The molecule has 0 fully saturated rings. The van der Waals surface area contributed by atoms with E-state index >= 15 is 0 Å². The monoisotopic (exact) mass is 317 g/mol. The van der Waals surface area contributed by atoms with Crippen molar-refractivity contribution in [1.29, 1.82) is 0 Å². The van der Waals surface area contributed by atoms with Crippen molar-refractivity contribution in [2.45, 2.75) is 39.2 Å². The topological polar surface area (TPSA) is 12.0 Å². The van der Waals surface area contributed by atoms with Crippen LogP contribution in [0.4, 0.5) is 0 Å². The zero-order valence-corrected chi connectivity index (χ0v) is 13.1. The summed E-state index contributed by atoms with van der Waals surface area (Å²) in [7, 11) is 2.00. The Balaban J connectivity index is 2.66. The number of benzene rings is 1. The Bertz CT molecular complexity index is 352. The molecule has 0 aliphatic rings. The minimum atomic E-state index is 0.356. The molecule has 0 amide bonds. The van der Waals surface area contributed by atoms with Gasteiger partial charge in [0.05, 0.1) is 0 Å². The van der Waals surface area contributed by atoms with E-state index in [2.05, 4.69) is 41.2 Å². The summed E-state index contributed by atoms with van der Waals surface area (Å²) in [5, 5.41) is 4.19. The lowest BCUT2D eigenvalue weighted by molar-refractivity contribution is 0.470. The summed E-state index contributed by atoms with van der Waals surface area (Å²) in [6.45, 7) is 4.53. The number of hydrogen-bond acceptors (Lipinski definition) is 1. The Kier molecular flexibility index (Phi) is 6.53. The number of nitrogens with one attached hydrogen (secondary N) is 1. The van der Waals surface area contributed by atoms with Crippen molar-refractivity contribution >= 4 is 27.5 Å². The van der Waals surface area contributed by atoms with Crippen molar-refractivity contribution < 1.29 is 0 Å². The Morgan fingerprint density at radius 2 is 2.00 bits per heavy atom. The maximum Gasteiger partial charge on any atom is 0.0465 e. The van der Waals surface area contributed by atoms with Gasteiger partial charge in [-0.3, -0.25) is 0 Å². The molecule has 3 heteroatoms. The minimum Gasteiger partial charge on any atom is -0.313 e. The summed E-state index contributed by atoms with van der Waals surface area (Å²) in [6.07, 6.45) is 3.64. The van der Waals surface area contributed by atoms with Gasteiger partial charge in [0.15, 0.2) is 0 Å². The lowest BCUT2D eigenvalue weighted by atomic mass is 9.98. The van der Waals surface area contributed by atoms with Crippen LogP contribution in [0.2, 0.25) is 5.02 Å². The Labute approximate surface area is 118 Å². The zero-order chi connectivity index (χ0) is 12.8. The summed E-state index contributed by atoms with van der Waals surface area (Å²) in [5.74, 6) is 0.771. The summed E-state index contributed by atoms with van der Waals surface area (Å²) >= 11 is 9.71. The maximum absolute atomic E-state index is 6.27. The summed E-state index contributed by atoms with van der Waals surface area (Å²) in [4.78, 5) is 0. The number of hydrogen-bond donors (Lipinski definition) is 1. The van der Waals surface area contributed by atoms with Crippen LogP contribution in [0.25, 0.3) is 0 Å². The second-order valence-corrected chi connectivity index (χ2v) is 6.15. The molecule has 1 nitrogen and oxygen atoms in total. The standard InChI is InChI=1S/C14H21BrClN/c1-10(2)5-4-6-14(17-3)12-8-7-11(15)9-13(12)16/h7-10,14,17H,4-6H2,1-3H3. The van der Waals surface area contributed by atoms with Gasteiger partial charge in [0.2, 0.25) is 0 Å². The van der Waals surface area contributed by atoms with E-state index in [1.54, 1.807) is 0 Å². The molecule has 17 heavy (non-hydrogen) atoms. The fourth-order valence-electron chi connectivity index (χ4n) is 1.97. The van der Waals surface area contributed by atoms with E-state index in [9.17, 15) is 0 Å². The highest BCUT2D eigenvalue weighted by molar-refractivity contribution is 9.10. The third kappa shape index (κ3) is 4.99. The largest absolute Gasteiger partial charge is 0.313 e. The molecule has 1 unspecified atom stereocenters. The van der Waals surface area contributed by atoms with E-state index < -0.39 is 0 Å². The zero-order valence-electron chi connectivity index (χ0n) is 10.8. The van der Waals surface area contributed by atoms with Crippen LogP contribution < -0.4 is 5.32 Å². The Hall–Kier alpha value is -0.0500. The summed E-state index contributed by atoms with van der Waals surface area (Å²) in [6, 6.07) is 6.47. The highest BCUT2D eigenvalue weighted by Gasteiger charge is 2.12. The van der Waals surface area contributed by atoms with E-state index in [4.69, 9.17) is 11.6 Å². The number of halogens is 2. The van der Waals surface area contributed by atoms with Crippen molar-refractivity contribution in [2.75, 3.05) is 7.05 Å². The van der Waals surface area contributed by atoms with Gasteiger partial charge >= 0.3 is 0 Å². The second kappa shape index (κ2) is 7.40. The molecule has 1 rings (SSSR count). The van der Waals surface area contributed by atoms with Crippen LogP contribution in [0.5, 0.6) is 0 Å². The van der Waals surface area contributed by atoms with Gasteiger partial charge in [-0.1, -0.05) is 60.3 Å². The van der Waals surface area contributed by atoms with E-state index in [0.29, 0.717) is 6.04 Å². The average molecular weight is 319 g/mol. The van der Waals surface area contributed by atoms with Gasteiger partial charge < -0.3 is 5.32 Å². The SMILES string of the molecule is CNC(CCCC(C)C)c1ccc(Br)cc1Cl. The molecule has 0 aliphatic heterocycles. The minimum absolute atomic E-state index is 0.356. The molecule has 0 aliphatic carbocycles. The fourth-order valence-corrected chi connectivity index (χ4v) is 2.77. The molecule has 0 heterocycles. The van der Waals surface area contributed by atoms with Gasteiger partial charge in [0.1, 0.15) is 0 Å². The van der Waals surface area contributed by atoms with Crippen molar-refractivity contribution in [3.05, 3.63) is 33.3 Å². The molecule has 1 N–H and O–H groups in total. The Morgan fingerprint density at radius 1 is 1.29 bits per heavy atom. The van der Waals surface area contributed by atoms with Crippen LogP contribution in [0.3, 0.4) is 0 Å². The van der Waals surface area contributed by atoms with Crippen LogP contribution in [-0.4, -0.2) is 7.05 Å². The molecule has 96 valence electrons. The van der Waals surface area contributed by atoms with Gasteiger partial charge in [0.25, 0.3) is 0 Å². The van der Waals surface area contributed by atoms with Gasteiger partial charge in [-0.2, -0.15) is 0 Å².